The molecule has 136 valence electrons. The zero-order valence-corrected chi connectivity index (χ0v) is 16.4. The van der Waals surface area contributed by atoms with Gasteiger partial charge in [-0.05, 0) is 23.8 Å². The average Bonchev–Trinajstić information content (AvgIpc) is 2.96. The summed E-state index contributed by atoms with van der Waals surface area (Å²) in [5.74, 6) is -1.45. The van der Waals surface area contributed by atoms with Gasteiger partial charge in [-0.1, -0.05) is 56.0 Å². The molecule has 2 heterocycles. The molecule has 0 bridgehead atoms. The van der Waals surface area contributed by atoms with Gasteiger partial charge in [0.05, 0.1) is 4.91 Å². The van der Waals surface area contributed by atoms with Gasteiger partial charge in [0.1, 0.15) is 4.32 Å². The highest BCUT2D eigenvalue weighted by Gasteiger charge is 2.38. The maximum atomic E-state index is 12.5. The van der Waals surface area contributed by atoms with Crippen molar-refractivity contribution < 1.29 is 14.7 Å². The van der Waals surface area contributed by atoms with Crippen molar-refractivity contribution in [3.63, 3.8) is 0 Å². The second-order valence-corrected chi connectivity index (χ2v) is 8.41. The summed E-state index contributed by atoms with van der Waals surface area (Å²) in [6, 6.07) is 8.24. The summed E-state index contributed by atoms with van der Waals surface area (Å²) in [5.41, 5.74) is 3.30. The van der Waals surface area contributed by atoms with E-state index in [0.29, 0.717) is 9.23 Å². The molecule has 0 atom stereocenters. The van der Waals surface area contributed by atoms with Gasteiger partial charge in [-0.3, -0.25) is 9.69 Å². The molecule has 0 saturated carbocycles. The number of carbonyl (C=O) groups is 2. The van der Waals surface area contributed by atoms with E-state index < -0.39 is 5.97 Å². The number of carboxylic acid groups (broad SMARTS) is 1. The minimum atomic E-state index is -1.20. The molecule has 26 heavy (non-hydrogen) atoms. The lowest BCUT2D eigenvalue weighted by Gasteiger charge is -2.23. The van der Waals surface area contributed by atoms with Crippen LogP contribution in [0.1, 0.15) is 25.8 Å². The van der Waals surface area contributed by atoms with Gasteiger partial charge in [-0.25, -0.2) is 0 Å². The lowest BCUT2D eigenvalue weighted by Crippen LogP contribution is -2.33. The summed E-state index contributed by atoms with van der Waals surface area (Å²) < 4.78 is 0.378. The van der Waals surface area contributed by atoms with Crippen LogP contribution in [0.2, 0.25) is 0 Å². The molecule has 0 N–H and O–H groups in total. The van der Waals surface area contributed by atoms with E-state index in [1.54, 1.807) is 6.08 Å². The van der Waals surface area contributed by atoms with E-state index in [4.69, 9.17) is 12.2 Å². The average molecular weight is 388 g/mol. The number of benzene rings is 1. The summed E-state index contributed by atoms with van der Waals surface area (Å²) in [6.07, 6.45) is 3.49. The number of thioether (sulfide) groups is 1. The monoisotopic (exact) mass is 387 g/mol. The standard InChI is InChI=1S/C19H20N2O3S2/c1-19(2)12-6-4-5-7-13(12)20(3)15(19)9-8-14-17(24)21(18(25)26-14)11-10-16(22)23/h4-9H,10-11H2,1-3H3,(H,22,23)/p-1/b14-8+,15-9-. The highest BCUT2D eigenvalue weighted by atomic mass is 32.2. The van der Waals surface area contributed by atoms with Crippen LogP contribution in [0.15, 0.2) is 47.0 Å². The topological polar surface area (TPSA) is 63.7 Å². The van der Waals surface area contributed by atoms with Crippen molar-refractivity contribution in [3.8, 4) is 0 Å². The maximum Gasteiger partial charge on any atom is 0.266 e. The third-order valence-electron chi connectivity index (χ3n) is 4.75. The van der Waals surface area contributed by atoms with Crippen LogP contribution in [0.4, 0.5) is 5.69 Å². The second kappa shape index (κ2) is 6.89. The first kappa shape index (κ1) is 18.7. The van der Waals surface area contributed by atoms with E-state index >= 15 is 0 Å². The Labute approximate surface area is 162 Å². The van der Waals surface area contributed by atoms with Crippen LogP contribution in [0.25, 0.3) is 0 Å². The second-order valence-electron chi connectivity index (χ2n) is 6.73. The van der Waals surface area contributed by atoms with E-state index in [2.05, 4.69) is 30.9 Å². The molecule has 5 nitrogen and oxygen atoms in total. The Bertz CT molecular complexity index is 858. The highest BCUT2D eigenvalue weighted by molar-refractivity contribution is 8.26. The molecule has 1 aromatic rings. The molecule has 0 aliphatic carbocycles. The van der Waals surface area contributed by atoms with E-state index in [1.807, 2.05) is 25.3 Å². The Balaban J connectivity index is 1.87. The zero-order valence-electron chi connectivity index (χ0n) is 14.8. The number of nitrogens with zero attached hydrogens (tertiary/aromatic N) is 2. The molecular formula is C19H19N2O3S2-. The number of allylic oxidation sites excluding steroid dienone is 3. The summed E-state index contributed by atoms with van der Waals surface area (Å²) >= 11 is 6.40. The van der Waals surface area contributed by atoms with Crippen molar-refractivity contribution in [2.45, 2.75) is 25.7 Å². The Hall–Kier alpha value is -2.12. The van der Waals surface area contributed by atoms with E-state index in [9.17, 15) is 14.7 Å². The third kappa shape index (κ3) is 3.17. The predicted octanol–water partition coefficient (Wildman–Crippen LogP) is 2.18. The molecule has 3 rings (SSSR count). The van der Waals surface area contributed by atoms with Crippen molar-refractivity contribution in [2.75, 3.05) is 18.5 Å². The molecule has 0 radical (unpaired) electrons. The minimum absolute atomic E-state index is 0.0394. The van der Waals surface area contributed by atoms with Crippen LogP contribution in [-0.2, 0) is 15.0 Å². The fraction of sp³-hybridized carbons (Fsp3) is 0.316. The molecule has 0 aromatic heterocycles. The van der Waals surface area contributed by atoms with Crippen LogP contribution in [0, 0.1) is 0 Å². The molecule has 1 amide bonds. The number of amides is 1. The number of rotatable bonds is 4. The predicted molar refractivity (Wildman–Crippen MR) is 106 cm³/mol. The van der Waals surface area contributed by atoms with E-state index in [0.717, 1.165) is 11.4 Å². The third-order valence-corrected chi connectivity index (χ3v) is 6.14. The van der Waals surface area contributed by atoms with Gasteiger partial charge >= 0.3 is 0 Å². The van der Waals surface area contributed by atoms with Crippen LogP contribution in [0.3, 0.4) is 0 Å². The molecule has 7 heteroatoms. The van der Waals surface area contributed by atoms with Gasteiger partial charge in [0, 0.05) is 42.8 Å². The Morgan fingerprint density at radius 2 is 2.00 bits per heavy atom. The number of para-hydroxylation sites is 1. The molecule has 2 aliphatic heterocycles. The minimum Gasteiger partial charge on any atom is -0.550 e. The smallest absolute Gasteiger partial charge is 0.266 e. The van der Waals surface area contributed by atoms with Gasteiger partial charge in [0.2, 0.25) is 0 Å². The van der Waals surface area contributed by atoms with Crippen LogP contribution in [0.5, 0.6) is 0 Å². The van der Waals surface area contributed by atoms with Crippen molar-refractivity contribution in [2.24, 2.45) is 0 Å². The summed E-state index contributed by atoms with van der Waals surface area (Å²) in [4.78, 5) is 27.1. The van der Waals surface area contributed by atoms with Crippen molar-refractivity contribution in [1.29, 1.82) is 0 Å². The van der Waals surface area contributed by atoms with Crippen molar-refractivity contribution in [1.82, 2.24) is 4.90 Å². The van der Waals surface area contributed by atoms with Crippen LogP contribution < -0.4 is 10.0 Å². The molecule has 1 fully saturated rings. The molecule has 1 aromatic carbocycles. The van der Waals surface area contributed by atoms with Crippen LogP contribution in [-0.4, -0.2) is 34.7 Å². The number of likely N-dealkylation sites (N-methyl/N-ethyl adjacent to an activating group) is 1. The summed E-state index contributed by atoms with van der Waals surface area (Å²) in [6.45, 7) is 4.35. The fourth-order valence-corrected chi connectivity index (χ4v) is 4.62. The first-order chi connectivity index (χ1) is 12.2. The van der Waals surface area contributed by atoms with E-state index in [-0.39, 0.29) is 24.3 Å². The first-order valence-corrected chi connectivity index (χ1v) is 9.45. The van der Waals surface area contributed by atoms with Crippen molar-refractivity contribution in [3.05, 3.63) is 52.6 Å². The number of thiocarbonyl (C=S) groups is 1. The van der Waals surface area contributed by atoms with E-state index in [1.165, 1.54) is 22.2 Å². The van der Waals surface area contributed by atoms with Gasteiger partial charge in [-0.2, -0.15) is 0 Å². The number of aliphatic carboxylic acids is 1. The Morgan fingerprint density at radius 1 is 1.31 bits per heavy atom. The number of fused-ring (bicyclic) bond motifs is 1. The highest BCUT2D eigenvalue weighted by Crippen LogP contribution is 2.46. The Kier molecular flexibility index (Phi) is 4.94. The number of hydrogen-bond acceptors (Lipinski definition) is 6. The number of hydrogen-bond donors (Lipinski definition) is 0. The summed E-state index contributed by atoms with van der Waals surface area (Å²) in [5, 5.41) is 10.6. The molecule has 0 unspecified atom stereocenters. The molecule has 0 spiro atoms. The number of carboxylic acids is 1. The molecule has 2 aliphatic rings. The van der Waals surface area contributed by atoms with Crippen molar-refractivity contribution >= 4 is 45.9 Å². The molecule has 1 saturated heterocycles. The fourth-order valence-electron chi connectivity index (χ4n) is 3.37. The van der Waals surface area contributed by atoms with Gasteiger partial charge < -0.3 is 14.8 Å². The molecular weight excluding hydrogens is 368 g/mol. The van der Waals surface area contributed by atoms with Gasteiger partial charge in [0.15, 0.2) is 0 Å². The quantitative estimate of drug-likeness (QED) is 0.583. The van der Waals surface area contributed by atoms with Gasteiger partial charge in [0.25, 0.3) is 5.91 Å². The summed E-state index contributed by atoms with van der Waals surface area (Å²) in [7, 11) is 2.01. The lowest BCUT2D eigenvalue weighted by atomic mass is 9.84. The zero-order chi connectivity index (χ0) is 19.1. The lowest BCUT2D eigenvalue weighted by molar-refractivity contribution is -0.305. The Morgan fingerprint density at radius 3 is 2.65 bits per heavy atom. The number of carbonyl (C=O) groups excluding carboxylic acids is 2. The maximum absolute atomic E-state index is 12.5. The number of anilines is 1. The SMILES string of the molecule is CN1/C(=C\C=C2\SC(=S)N(CCC(=O)[O-])C2=O)C(C)(C)c2ccccc21. The van der Waals surface area contributed by atoms with Crippen LogP contribution >= 0.6 is 24.0 Å². The van der Waals surface area contributed by atoms with Gasteiger partial charge in [-0.15, -0.1) is 0 Å². The first-order valence-electron chi connectivity index (χ1n) is 8.22. The normalized spacial score (nSPS) is 21.8. The largest absolute Gasteiger partial charge is 0.550 e.